The van der Waals surface area contributed by atoms with Gasteiger partial charge in [-0.2, -0.15) is 13.0 Å². The van der Waals surface area contributed by atoms with E-state index in [9.17, 15) is 61.5 Å². The maximum Gasteiger partial charge on any atom is 0.326 e. The zero-order valence-corrected chi connectivity index (χ0v) is 57.9. The Kier molecular flexibility index (Phi) is 30.0. The first kappa shape index (κ1) is 77.0. The first-order valence-electron chi connectivity index (χ1n) is 34.5. The molecule has 0 bridgehead atoms. The number of ketones is 3. The number of allylic oxidation sites excluding steroid dienone is 7. The van der Waals surface area contributed by atoms with Crippen LogP contribution in [-0.2, 0) is 54.5 Å². The quantitative estimate of drug-likeness (QED) is 0.0157. The molecule has 0 saturated carbocycles. The number of aliphatic carboxylic acids is 3. The van der Waals surface area contributed by atoms with Crippen molar-refractivity contribution in [2.75, 3.05) is 24.5 Å². The number of rotatable bonds is 43. The van der Waals surface area contributed by atoms with E-state index in [-0.39, 0.29) is 66.3 Å². The molecule has 3 aromatic carbocycles. The monoisotopic (exact) mass is 1340 g/mol. The van der Waals surface area contributed by atoms with Crippen LogP contribution >= 0.6 is 0 Å². The largest absolute Gasteiger partial charge is 0.481 e. The molecule has 3 aliphatic rings. The number of fused-ring (bicyclic) bond motifs is 2. The number of anilines is 1. The lowest BCUT2D eigenvalue weighted by molar-refractivity contribution is -0.438. The number of amides is 3. The number of urea groups is 1. The second-order valence-corrected chi connectivity index (χ2v) is 27.9. The minimum absolute atomic E-state index is 0.0555. The van der Waals surface area contributed by atoms with Gasteiger partial charge in [-0.25, -0.2) is 9.59 Å². The average molecular weight is 1350 g/mol. The predicted molar refractivity (Wildman–Crippen MR) is 370 cm³/mol. The fraction of sp³-hybridized carbons (Fsp3) is 0.533. The highest BCUT2D eigenvalue weighted by molar-refractivity contribution is 7.85. The minimum atomic E-state index is -4.42. The van der Waals surface area contributed by atoms with E-state index in [0.29, 0.717) is 102 Å². The van der Waals surface area contributed by atoms with E-state index in [1.165, 1.54) is 41.6 Å². The maximum absolute atomic E-state index is 13.6. The van der Waals surface area contributed by atoms with Gasteiger partial charge in [0.15, 0.2) is 11.5 Å². The average Bonchev–Trinajstić information content (AvgIpc) is 1.59. The van der Waals surface area contributed by atoms with E-state index in [1.54, 1.807) is 12.1 Å². The van der Waals surface area contributed by atoms with Gasteiger partial charge in [0.25, 0.3) is 10.1 Å². The second-order valence-electron chi connectivity index (χ2n) is 26.5. The predicted octanol–water partition coefficient (Wildman–Crippen LogP) is 13.7. The number of ether oxygens (including phenoxy) is 1. The van der Waals surface area contributed by atoms with E-state index in [0.717, 1.165) is 80.6 Å². The Morgan fingerprint density at radius 3 is 1.98 bits per heavy atom. The number of para-hydroxylation sites is 2. The standard InChI is InChI=1S/C75H101N5O15S/c1-7-9-50-80-64-34-19-17-31-60(64)74(4,5)66(80)44-37-53-26-23-27-54(70(53)95-58-39-41-59(42-40-58)96(92,93)94)38-45-67-75(6,61-32-18-20-35-65(61)79(67)49-8-2)47-24-30-56(82)28-15-12-13-25-55(71(87)88)51-57(83)29-14-10-11-16-36-68(84)76-48-22-21-33-63(72(89)90)78-73(91)77-62(52(3)81)43-46-69(85)86/h17-20,31-32,34-35,37-42,44-45,55,62-63H,7-16,21-30,33,36,43,46-51H2,1-6H3,(H6-,76,77,78,84,85,86,87,88,89,90,91,92,93,94)/p+1/t55?,62-,63-,75?/m0/s1. The third-order valence-electron chi connectivity index (χ3n) is 18.7. The van der Waals surface area contributed by atoms with E-state index < -0.39 is 63.3 Å². The summed E-state index contributed by atoms with van der Waals surface area (Å²) < 4.78 is 43.1. The molecular formula is C75H102N5O15S+. The van der Waals surface area contributed by atoms with Gasteiger partial charge in [-0.15, -0.1) is 0 Å². The molecule has 96 heavy (non-hydrogen) atoms. The summed E-state index contributed by atoms with van der Waals surface area (Å²) in [6.07, 6.45) is 22.0. The van der Waals surface area contributed by atoms with Gasteiger partial charge in [-0.3, -0.25) is 33.3 Å². The van der Waals surface area contributed by atoms with Gasteiger partial charge in [0.2, 0.25) is 11.6 Å². The third kappa shape index (κ3) is 22.5. The van der Waals surface area contributed by atoms with E-state index >= 15 is 0 Å². The number of nitrogens with zero attached hydrogens (tertiary/aromatic N) is 2. The number of hydrogen-bond donors (Lipinski definition) is 7. The number of unbranched alkanes of at least 4 members (excludes halogenated alkanes) is 7. The molecule has 1 aliphatic carbocycles. The molecule has 2 heterocycles. The highest BCUT2D eigenvalue weighted by Gasteiger charge is 2.45. The van der Waals surface area contributed by atoms with Crippen LogP contribution in [-0.4, -0.2) is 117 Å². The summed E-state index contributed by atoms with van der Waals surface area (Å²) >= 11 is 0. The van der Waals surface area contributed by atoms with Gasteiger partial charge in [-0.05, 0) is 177 Å². The van der Waals surface area contributed by atoms with Crippen molar-refractivity contribution in [3.8, 4) is 5.75 Å². The smallest absolute Gasteiger partial charge is 0.326 e. The molecule has 21 heteroatoms. The van der Waals surface area contributed by atoms with E-state index in [2.05, 4.69) is 133 Å². The molecule has 7 N–H and O–H groups in total. The normalized spacial score (nSPS) is 17.7. The molecule has 0 fully saturated rings. The molecule has 0 saturated heterocycles. The molecule has 2 aliphatic heterocycles. The Hall–Kier alpha value is -8.04. The third-order valence-corrected chi connectivity index (χ3v) is 19.6. The van der Waals surface area contributed by atoms with E-state index in [1.807, 2.05) is 0 Å². The van der Waals surface area contributed by atoms with Crippen molar-refractivity contribution in [2.24, 2.45) is 5.92 Å². The molecule has 20 nitrogen and oxygen atoms in total. The maximum atomic E-state index is 13.6. The molecule has 6 rings (SSSR count). The zero-order valence-electron chi connectivity index (χ0n) is 57.1. The van der Waals surface area contributed by atoms with Crippen LogP contribution in [0.3, 0.4) is 0 Å². The zero-order chi connectivity index (χ0) is 70.0. The number of hydrogen-bond acceptors (Lipinski definition) is 12. The van der Waals surface area contributed by atoms with Gasteiger partial charge in [0, 0.05) is 92.5 Å². The number of carboxylic acids is 3. The van der Waals surface area contributed by atoms with Crippen LogP contribution in [0.25, 0.3) is 0 Å². The lowest BCUT2D eigenvalue weighted by atomic mass is 9.76. The number of nitrogens with one attached hydrogen (secondary N) is 3. The molecule has 3 aromatic rings. The summed E-state index contributed by atoms with van der Waals surface area (Å²) in [5, 5.41) is 35.9. The number of benzene rings is 3. The summed E-state index contributed by atoms with van der Waals surface area (Å²) in [4.78, 5) is 100. The van der Waals surface area contributed by atoms with Gasteiger partial charge >= 0.3 is 23.9 Å². The lowest BCUT2D eigenvalue weighted by Gasteiger charge is -2.30. The van der Waals surface area contributed by atoms with Gasteiger partial charge in [0.05, 0.1) is 22.3 Å². The van der Waals surface area contributed by atoms with Crippen molar-refractivity contribution in [1.82, 2.24) is 16.0 Å². The van der Waals surface area contributed by atoms with Gasteiger partial charge < -0.3 is 40.9 Å². The number of carbonyl (C=O) groups is 8. The summed E-state index contributed by atoms with van der Waals surface area (Å²) in [6, 6.07) is 19.7. The Labute approximate surface area is 567 Å². The summed E-state index contributed by atoms with van der Waals surface area (Å²) in [5.74, 6) is -3.69. The molecular weight excluding hydrogens is 1240 g/mol. The van der Waals surface area contributed by atoms with Crippen molar-refractivity contribution in [3.05, 3.63) is 131 Å². The van der Waals surface area contributed by atoms with Gasteiger partial charge in [0.1, 0.15) is 35.7 Å². The number of Topliss-reactive ketones (excluding diaryl/α,β-unsaturated/α-hetero) is 3. The van der Waals surface area contributed by atoms with Crippen LogP contribution in [0.15, 0.2) is 125 Å². The fourth-order valence-electron chi connectivity index (χ4n) is 13.3. The topological polar surface area (TPSA) is 303 Å². The van der Waals surface area contributed by atoms with Crippen LogP contribution in [0.2, 0.25) is 0 Å². The number of carbonyl (C=O) groups excluding carboxylic acids is 5. The summed E-state index contributed by atoms with van der Waals surface area (Å²) in [5.41, 5.74) is 8.51. The fourth-order valence-corrected chi connectivity index (χ4v) is 13.8. The lowest BCUT2D eigenvalue weighted by Crippen LogP contribution is -2.50. The molecule has 0 radical (unpaired) electrons. The molecule has 522 valence electrons. The van der Waals surface area contributed by atoms with Crippen LogP contribution < -0.4 is 25.6 Å². The van der Waals surface area contributed by atoms with Crippen molar-refractivity contribution >= 4 is 74.4 Å². The van der Waals surface area contributed by atoms with Crippen LogP contribution in [0.4, 0.5) is 16.2 Å². The highest BCUT2D eigenvalue weighted by atomic mass is 32.2. The summed E-state index contributed by atoms with van der Waals surface area (Å²) in [6.45, 7) is 14.4. The molecule has 0 aromatic heterocycles. The Bertz CT molecular complexity index is 3510. The Morgan fingerprint density at radius 2 is 1.31 bits per heavy atom. The van der Waals surface area contributed by atoms with Crippen molar-refractivity contribution in [2.45, 2.75) is 236 Å². The first-order chi connectivity index (χ1) is 45.8. The van der Waals surface area contributed by atoms with Gasteiger partial charge in [-0.1, -0.05) is 88.4 Å². The Balaban J connectivity index is 0.977. The first-order valence-corrected chi connectivity index (χ1v) is 36.0. The second kappa shape index (κ2) is 37.5. The minimum Gasteiger partial charge on any atom is -0.481 e. The van der Waals surface area contributed by atoms with Crippen molar-refractivity contribution < 1.29 is 76.0 Å². The van der Waals surface area contributed by atoms with Crippen LogP contribution in [0, 0.1) is 5.92 Å². The number of carboxylic acid groups (broad SMARTS) is 3. The Morgan fingerprint density at radius 1 is 0.667 bits per heavy atom. The molecule has 4 atom stereocenters. The highest BCUT2D eigenvalue weighted by Crippen LogP contribution is 2.51. The summed E-state index contributed by atoms with van der Waals surface area (Å²) in [7, 11) is -4.42. The van der Waals surface area contributed by atoms with Crippen LogP contribution in [0.5, 0.6) is 5.75 Å². The molecule has 3 amide bonds. The SMILES string of the molecule is CCCC[N+]1=C(/C=C/C2=C(Oc3ccc(S(=O)(=O)O)cc3)C(=C/C=C3/N(CCC)c4ccccc4C3(C)CCCC(=O)CCCCCC(CC(=O)CCCCCCC(=O)NCCCC[C@H](NC(=O)N[C@@H](CCC(=O)O)C(C)=O)C(=O)O)C(=O)O)/CCC2)C(C)(C)c2ccccc21. The molecule has 2 unspecified atom stereocenters. The van der Waals surface area contributed by atoms with Crippen molar-refractivity contribution in [3.63, 3.8) is 0 Å². The molecule has 0 spiro atoms. The van der Waals surface area contributed by atoms with Crippen LogP contribution in [0.1, 0.15) is 220 Å². The van der Waals surface area contributed by atoms with Crippen molar-refractivity contribution in [1.29, 1.82) is 0 Å². The van der Waals surface area contributed by atoms with E-state index in [4.69, 9.17) is 9.84 Å².